The number of nitrogens with zero attached hydrogens (tertiary/aromatic N) is 2. The molecule has 0 fully saturated rings. The predicted molar refractivity (Wildman–Crippen MR) is 60.4 cm³/mol. The average molecular weight is 230 g/mol. The fourth-order valence-electron chi connectivity index (χ4n) is 1.03. The van der Waals surface area contributed by atoms with Gasteiger partial charge in [-0.15, -0.1) is 0 Å². The van der Waals surface area contributed by atoms with Crippen molar-refractivity contribution in [2.24, 2.45) is 0 Å². The summed E-state index contributed by atoms with van der Waals surface area (Å²) in [6, 6.07) is 0. The number of hydrogen-bond donors (Lipinski definition) is 2. The van der Waals surface area contributed by atoms with E-state index in [0.717, 1.165) is 0 Å². The van der Waals surface area contributed by atoms with Gasteiger partial charge >= 0.3 is 0 Å². The van der Waals surface area contributed by atoms with Crippen molar-refractivity contribution in [2.45, 2.75) is 0 Å². The van der Waals surface area contributed by atoms with E-state index in [1.54, 1.807) is 6.26 Å². The highest BCUT2D eigenvalue weighted by Gasteiger charge is 2.08. The van der Waals surface area contributed by atoms with Gasteiger partial charge in [-0.25, -0.2) is 9.97 Å². The lowest BCUT2D eigenvalue weighted by molar-refractivity contribution is 0.415. The van der Waals surface area contributed by atoms with Gasteiger partial charge in [0.25, 0.3) is 0 Å². The van der Waals surface area contributed by atoms with Gasteiger partial charge in [0, 0.05) is 29.4 Å². The van der Waals surface area contributed by atoms with Crippen molar-refractivity contribution >= 4 is 22.4 Å². The molecule has 1 heterocycles. The van der Waals surface area contributed by atoms with Crippen molar-refractivity contribution < 1.29 is 8.95 Å². The molecule has 0 aliphatic heterocycles. The number of nitrogens with one attached hydrogen (secondary N) is 1. The van der Waals surface area contributed by atoms with Crippen LogP contribution < -0.4 is 15.8 Å². The topological polar surface area (TPSA) is 90.1 Å². The number of rotatable bonds is 5. The first-order valence-corrected chi connectivity index (χ1v) is 6.06. The molecule has 0 saturated heterocycles. The maximum atomic E-state index is 10.8. The predicted octanol–water partition coefficient (Wildman–Crippen LogP) is -0.142. The molecule has 1 unspecified atom stereocenters. The summed E-state index contributed by atoms with van der Waals surface area (Å²) in [6.07, 6.45) is 3.00. The van der Waals surface area contributed by atoms with E-state index in [0.29, 0.717) is 23.9 Å². The Morgan fingerprint density at radius 2 is 2.33 bits per heavy atom. The Labute approximate surface area is 90.7 Å². The summed E-state index contributed by atoms with van der Waals surface area (Å²) in [5, 5.41) is 2.99. The Bertz CT molecular complexity index is 358. The zero-order chi connectivity index (χ0) is 11.3. The van der Waals surface area contributed by atoms with Gasteiger partial charge < -0.3 is 15.8 Å². The second-order valence-electron chi connectivity index (χ2n) is 2.84. The molecule has 1 aromatic heterocycles. The molecule has 84 valence electrons. The highest BCUT2D eigenvalue weighted by atomic mass is 32.2. The number of methoxy groups -OCH3 is 1. The first kappa shape index (κ1) is 11.7. The zero-order valence-electron chi connectivity index (χ0n) is 8.69. The smallest absolute Gasteiger partial charge is 0.203 e. The lowest BCUT2D eigenvalue weighted by Crippen LogP contribution is -2.12. The van der Waals surface area contributed by atoms with Crippen molar-refractivity contribution in [2.75, 3.05) is 36.7 Å². The highest BCUT2D eigenvalue weighted by molar-refractivity contribution is 7.84. The molecule has 0 amide bonds. The average Bonchev–Trinajstić information content (AvgIpc) is 2.17. The number of aromatic nitrogens is 2. The molecule has 0 aromatic carbocycles. The maximum absolute atomic E-state index is 10.8. The number of hydrogen-bond acceptors (Lipinski definition) is 6. The molecule has 1 aromatic rings. The van der Waals surface area contributed by atoms with Gasteiger partial charge in [-0.3, -0.25) is 4.21 Å². The molecular formula is C8H14N4O2S. The van der Waals surface area contributed by atoms with Crippen LogP contribution in [-0.4, -0.2) is 39.8 Å². The van der Waals surface area contributed by atoms with Gasteiger partial charge in [-0.05, 0) is 0 Å². The molecule has 3 N–H and O–H groups in total. The van der Waals surface area contributed by atoms with Crippen LogP contribution in [0.3, 0.4) is 0 Å². The van der Waals surface area contributed by atoms with Crippen molar-refractivity contribution in [1.29, 1.82) is 0 Å². The van der Waals surface area contributed by atoms with E-state index in [-0.39, 0.29) is 5.82 Å². The molecule has 7 heteroatoms. The molecule has 0 aliphatic rings. The fraction of sp³-hybridized carbons (Fsp3) is 0.500. The summed E-state index contributed by atoms with van der Waals surface area (Å²) in [6.45, 7) is 0.552. The number of nitrogens with two attached hydrogens (primary N) is 1. The fourth-order valence-corrected chi connectivity index (χ4v) is 1.42. The van der Waals surface area contributed by atoms with Crippen LogP contribution in [0.15, 0.2) is 6.33 Å². The van der Waals surface area contributed by atoms with Crippen LogP contribution in [0.5, 0.6) is 5.75 Å². The minimum absolute atomic E-state index is 0.285. The van der Waals surface area contributed by atoms with E-state index in [2.05, 4.69) is 15.3 Å². The number of ether oxygens (including phenoxy) is 1. The number of nitrogen functional groups attached to an aromatic ring is 1. The van der Waals surface area contributed by atoms with Gasteiger partial charge in [0.15, 0.2) is 11.6 Å². The first-order chi connectivity index (χ1) is 7.15. The monoisotopic (exact) mass is 230 g/mol. The quantitative estimate of drug-likeness (QED) is 0.731. The molecule has 1 atom stereocenters. The summed E-state index contributed by atoms with van der Waals surface area (Å²) >= 11 is 0. The molecular weight excluding hydrogens is 216 g/mol. The van der Waals surface area contributed by atoms with Crippen LogP contribution in [0.25, 0.3) is 0 Å². The molecule has 0 radical (unpaired) electrons. The van der Waals surface area contributed by atoms with Gasteiger partial charge in [-0.2, -0.15) is 0 Å². The summed E-state index contributed by atoms with van der Waals surface area (Å²) in [5.74, 6) is 1.77. The van der Waals surface area contributed by atoms with E-state index in [1.807, 2.05) is 0 Å². The number of anilines is 2. The third-order valence-corrected chi connectivity index (χ3v) is 2.50. The first-order valence-electron chi connectivity index (χ1n) is 4.33. The van der Waals surface area contributed by atoms with Gasteiger partial charge in [-0.1, -0.05) is 0 Å². The Morgan fingerprint density at radius 1 is 1.60 bits per heavy atom. The van der Waals surface area contributed by atoms with E-state index in [1.165, 1.54) is 13.4 Å². The lowest BCUT2D eigenvalue weighted by atomic mass is 10.4. The minimum atomic E-state index is -0.831. The van der Waals surface area contributed by atoms with Gasteiger partial charge in [0.2, 0.25) is 5.75 Å². The molecule has 1 rings (SSSR count). The van der Waals surface area contributed by atoms with Crippen LogP contribution >= 0.6 is 0 Å². The van der Waals surface area contributed by atoms with E-state index in [9.17, 15) is 4.21 Å². The van der Waals surface area contributed by atoms with E-state index < -0.39 is 10.8 Å². The Morgan fingerprint density at radius 3 is 2.93 bits per heavy atom. The van der Waals surface area contributed by atoms with Crippen molar-refractivity contribution in [1.82, 2.24) is 9.97 Å². The Hall–Kier alpha value is -1.37. The molecule has 0 bridgehead atoms. The maximum Gasteiger partial charge on any atom is 0.203 e. The van der Waals surface area contributed by atoms with Crippen LogP contribution in [-0.2, 0) is 10.8 Å². The Balaban J connectivity index is 2.67. The molecule has 6 nitrogen and oxygen atoms in total. The van der Waals surface area contributed by atoms with Crippen LogP contribution in [0.2, 0.25) is 0 Å². The summed E-state index contributed by atoms with van der Waals surface area (Å²) in [4.78, 5) is 7.78. The summed E-state index contributed by atoms with van der Waals surface area (Å²) in [7, 11) is 0.667. The molecule has 15 heavy (non-hydrogen) atoms. The Kier molecular flexibility index (Phi) is 4.29. The van der Waals surface area contributed by atoms with Crippen LogP contribution in [0.1, 0.15) is 0 Å². The molecule has 0 spiro atoms. The zero-order valence-corrected chi connectivity index (χ0v) is 9.50. The van der Waals surface area contributed by atoms with Crippen molar-refractivity contribution in [3.63, 3.8) is 0 Å². The van der Waals surface area contributed by atoms with Gasteiger partial charge in [0.1, 0.15) is 6.33 Å². The van der Waals surface area contributed by atoms with Gasteiger partial charge in [0.05, 0.1) is 7.11 Å². The molecule has 0 aliphatic carbocycles. The minimum Gasteiger partial charge on any atom is -0.490 e. The second-order valence-corrected chi connectivity index (χ2v) is 4.40. The largest absolute Gasteiger partial charge is 0.490 e. The normalized spacial score (nSPS) is 12.1. The van der Waals surface area contributed by atoms with E-state index >= 15 is 0 Å². The second kappa shape index (κ2) is 5.50. The SMILES string of the molecule is COc1c(N)ncnc1NCCS(C)=O. The molecule has 0 saturated carbocycles. The van der Waals surface area contributed by atoms with Crippen LogP contribution in [0, 0.1) is 0 Å². The standard InChI is InChI=1S/C8H14N4O2S/c1-14-6-7(9)11-5-12-8(6)10-3-4-15(2)13/h5H,3-4H2,1-2H3,(H3,9,10,11,12). The third-order valence-electron chi connectivity index (χ3n) is 1.72. The van der Waals surface area contributed by atoms with Crippen LogP contribution in [0.4, 0.5) is 11.6 Å². The lowest BCUT2D eigenvalue weighted by Gasteiger charge is -2.10. The van der Waals surface area contributed by atoms with Crippen molar-refractivity contribution in [3.05, 3.63) is 6.33 Å². The third kappa shape index (κ3) is 3.35. The summed E-state index contributed by atoms with van der Waals surface area (Å²) < 4.78 is 15.9. The summed E-state index contributed by atoms with van der Waals surface area (Å²) in [5.41, 5.74) is 5.59. The highest BCUT2D eigenvalue weighted by Crippen LogP contribution is 2.25. The van der Waals surface area contributed by atoms with Crippen molar-refractivity contribution in [3.8, 4) is 5.75 Å². The van der Waals surface area contributed by atoms with E-state index in [4.69, 9.17) is 10.5 Å².